The lowest BCUT2D eigenvalue weighted by molar-refractivity contribution is 0.537. The lowest BCUT2D eigenvalue weighted by Crippen LogP contribution is -2.27. The van der Waals surface area contributed by atoms with Gasteiger partial charge in [-0.25, -0.2) is 4.98 Å². The van der Waals surface area contributed by atoms with E-state index >= 15 is 0 Å². The first kappa shape index (κ1) is 11.5. The Hall–Kier alpha value is -0.600. The van der Waals surface area contributed by atoms with E-state index < -0.39 is 0 Å². The van der Waals surface area contributed by atoms with Crippen molar-refractivity contribution in [3.05, 3.63) is 29.0 Å². The zero-order valence-electron chi connectivity index (χ0n) is 8.76. The van der Waals surface area contributed by atoms with E-state index in [1.54, 1.807) is 0 Å². The molecule has 1 atom stereocenters. The van der Waals surface area contributed by atoms with Crippen molar-refractivity contribution in [1.82, 2.24) is 10.3 Å². The van der Waals surface area contributed by atoms with Gasteiger partial charge in [-0.2, -0.15) is 0 Å². The molecule has 0 aromatic carbocycles. The molecule has 3 heteroatoms. The minimum atomic E-state index is 0.559. The second kappa shape index (κ2) is 5.99. The van der Waals surface area contributed by atoms with Gasteiger partial charge in [-0.1, -0.05) is 24.6 Å². The molecule has 1 unspecified atom stereocenters. The van der Waals surface area contributed by atoms with Crippen molar-refractivity contribution in [2.75, 3.05) is 6.54 Å². The van der Waals surface area contributed by atoms with Gasteiger partial charge >= 0.3 is 0 Å². The van der Waals surface area contributed by atoms with Crippen LogP contribution in [0.2, 0.25) is 5.15 Å². The molecule has 0 bridgehead atoms. The molecule has 1 rings (SSSR count). The summed E-state index contributed by atoms with van der Waals surface area (Å²) in [6.45, 7) is 5.37. The Morgan fingerprint density at radius 3 is 2.86 bits per heavy atom. The van der Waals surface area contributed by atoms with Crippen molar-refractivity contribution >= 4 is 11.6 Å². The summed E-state index contributed by atoms with van der Waals surface area (Å²) in [6.07, 6.45) is 4.01. The predicted molar refractivity (Wildman–Crippen MR) is 60.7 cm³/mol. The highest BCUT2D eigenvalue weighted by Gasteiger charge is 1.97. The number of halogens is 1. The lowest BCUT2D eigenvalue weighted by Gasteiger charge is -2.10. The van der Waals surface area contributed by atoms with Gasteiger partial charge < -0.3 is 5.32 Å². The van der Waals surface area contributed by atoms with Crippen LogP contribution in [0.4, 0.5) is 0 Å². The molecule has 0 fully saturated rings. The number of rotatable bonds is 5. The minimum absolute atomic E-state index is 0.559. The van der Waals surface area contributed by atoms with E-state index in [2.05, 4.69) is 24.1 Å². The first-order valence-electron chi connectivity index (χ1n) is 5.06. The largest absolute Gasteiger partial charge is 0.314 e. The number of nitrogens with zero attached hydrogens (tertiary/aromatic N) is 1. The van der Waals surface area contributed by atoms with Gasteiger partial charge in [0.1, 0.15) is 5.15 Å². The Morgan fingerprint density at radius 1 is 1.50 bits per heavy atom. The van der Waals surface area contributed by atoms with Gasteiger partial charge in [0.2, 0.25) is 0 Å². The molecule has 14 heavy (non-hydrogen) atoms. The summed E-state index contributed by atoms with van der Waals surface area (Å²) in [5.74, 6) is 0. The van der Waals surface area contributed by atoms with Crippen LogP contribution in [0, 0.1) is 0 Å². The van der Waals surface area contributed by atoms with E-state index in [0.717, 1.165) is 13.0 Å². The van der Waals surface area contributed by atoms with E-state index in [1.165, 1.54) is 12.0 Å². The fourth-order valence-corrected chi connectivity index (χ4v) is 1.27. The molecule has 1 N–H and O–H groups in total. The lowest BCUT2D eigenvalue weighted by atomic mass is 10.2. The average Bonchev–Trinajstić information content (AvgIpc) is 2.21. The van der Waals surface area contributed by atoms with Crippen LogP contribution in [0.5, 0.6) is 0 Å². The number of hydrogen-bond donors (Lipinski definition) is 1. The second-order valence-electron chi connectivity index (χ2n) is 3.50. The van der Waals surface area contributed by atoms with Crippen molar-refractivity contribution in [2.45, 2.75) is 32.7 Å². The van der Waals surface area contributed by atoms with Gasteiger partial charge in [-0.3, -0.25) is 0 Å². The normalized spacial score (nSPS) is 12.8. The zero-order chi connectivity index (χ0) is 10.4. The maximum atomic E-state index is 5.69. The fourth-order valence-electron chi connectivity index (χ4n) is 1.16. The summed E-state index contributed by atoms with van der Waals surface area (Å²) in [5.41, 5.74) is 1.23. The monoisotopic (exact) mass is 212 g/mol. The molecule has 0 spiro atoms. The molecule has 78 valence electrons. The van der Waals surface area contributed by atoms with Crippen LogP contribution in [-0.2, 0) is 6.42 Å². The second-order valence-corrected chi connectivity index (χ2v) is 3.89. The number of hydrogen-bond acceptors (Lipinski definition) is 2. The van der Waals surface area contributed by atoms with Crippen LogP contribution < -0.4 is 5.32 Å². The molecule has 0 saturated carbocycles. The van der Waals surface area contributed by atoms with Gasteiger partial charge in [0.05, 0.1) is 0 Å². The standard InChI is InChI=1S/C11H17ClN2/c1-3-9(2)13-7-6-10-4-5-11(12)14-8-10/h4-5,8-9,13H,3,6-7H2,1-2H3. The highest BCUT2D eigenvalue weighted by molar-refractivity contribution is 6.29. The summed E-state index contributed by atoms with van der Waals surface area (Å²) in [7, 11) is 0. The molecular formula is C11H17ClN2. The SMILES string of the molecule is CCC(C)NCCc1ccc(Cl)nc1. The van der Waals surface area contributed by atoms with E-state index in [4.69, 9.17) is 11.6 Å². The van der Waals surface area contributed by atoms with Gasteiger partial charge in [-0.05, 0) is 37.9 Å². The smallest absolute Gasteiger partial charge is 0.129 e. The molecule has 1 heterocycles. The molecule has 0 saturated heterocycles. The molecule has 0 aliphatic rings. The Bertz CT molecular complexity index is 258. The first-order chi connectivity index (χ1) is 6.72. The predicted octanol–water partition coefficient (Wildman–Crippen LogP) is 2.67. The van der Waals surface area contributed by atoms with E-state index in [0.29, 0.717) is 11.2 Å². The molecule has 1 aromatic rings. The third-order valence-corrected chi connectivity index (χ3v) is 2.53. The number of aromatic nitrogens is 1. The summed E-state index contributed by atoms with van der Waals surface area (Å²) >= 11 is 5.69. The fraction of sp³-hybridized carbons (Fsp3) is 0.545. The van der Waals surface area contributed by atoms with E-state index in [1.807, 2.05) is 18.3 Å². The Kier molecular flexibility index (Phi) is 4.91. The van der Waals surface area contributed by atoms with Crippen molar-refractivity contribution < 1.29 is 0 Å². The van der Waals surface area contributed by atoms with Crippen LogP contribution >= 0.6 is 11.6 Å². The molecule has 2 nitrogen and oxygen atoms in total. The molecule has 0 aliphatic carbocycles. The number of nitrogens with one attached hydrogen (secondary N) is 1. The van der Waals surface area contributed by atoms with Gasteiger partial charge in [0, 0.05) is 12.2 Å². The van der Waals surface area contributed by atoms with Crippen molar-refractivity contribution in [3.63, 3.8) is 0 Å². The quantitative estimate of drug-likeness (QED) is 0.760. The Labute approximate surface area is 90.7 Å². The summed E-state index contributed by atoms with van der Waals surface area (Å²) in [6, 6.07) is 4.45. The third kappa shape index (κ3) is 4.07. The third-order valence-electron chi connectivity index (χ3n) is 2.31. The first-order valence-corrected chi connectivity index (χ1v) is 5.44. The van der Waals surface area contributed by atoms with E-state index in [9.17, 15) is 0 Å². The number of pyridine rings is 1. The highest BCUT2D eigenvalue weighted by atomic mass is 35.5. The Balaban J connectivity index is 2.28. The summed E-state index contributed by atoms with van der Waals surface area (Å²) in [5, 5.41) is 3.99. The van der Waals surface area contributed by atoms with Crippen LogP contribution in [-0.4, -0.2) is 17.6 Å². The van der Waals surface area contributed by atoms with Crippen molar-refractivity contribution in [3.8, 4) is 0 Å². The zero-order valence-corrected chi connectivity index (χ0v) is 9.51. The van der Waals surface area contributed by atoms with Crippen LogP contribution in [0.3, 0.4) is 0 Å². The maximum absolute atomic E-state index is 5.69. The van der Waals surface area contributed by atoms with Gasteiger partial charge in [0.15, 0.2) is 0 Å². The molecule has 1 aromatic heterocycles. The van der Waals surface area contributed by atoms with Gasteiger partial charge in [-0.15, -0.1) is 0 Å². The van der Waals surface area contributed by atoms with Crippen LogP contribution in [0.25, 0.3) is 0 Å². The van der Waals surface area contributed by atoms with Crippen LogP contribution in [0.1, 0.15) is 25.8 Å². The Morgan fingerprint density at radius 2 is 2.29 bits per heavy atom. The minimum Gasteiger partial charge on any atom is -0.314 e. The van der Waals surface area contributed by atoms with Crippen molar-refractivity contribution in [1.29, 1.82) is 0 Å². The average molecular weight is 213 g/mol. The summed E-state index contributed by atoms with van der Waals surface area (Å²) in [4.78, 5) is 4.03. The van der Waals surface area contributed by atoms with Crippen molar-refractivity contribution in [2.24, 2.45) is 0 Å². The molecule has 0 radical (unpaired) electrons. The maximum Gasteiger partial charge on any atom is 0.129 e. The van der Waals surface area contributed by atoms with Crippen LogP contribution in [0.15, 0.2) is 18.3 Å². The molecule has 0 amide bonds. The summed E-state index contributed by atoms with van der Waals surface area (Å²) < 4.78 is 0. The van der Waals surface area contributed by atoms with Gasteiger partial charge in [0.25, 0.3) is 0 Å². The topological polar surface area (TPSA) is 24.9 Å². The highest BCUT2D eigenvalue weighted by Crippen LogP contribution is 2.05. The molecular weight excluding hydrogens is 196 g/mol. The van der Waals surface area contributed by atoms with E-state index in [-0.39, 0.29) is 0 Å². The molecule has 0 aliphatic heterocycles.